The lowest BCUT2D eigenvalue weighted by molar-refractivity contribution is -1.10. The molecule has 3 saturated heterocycles. The molecule has 0 saturated carbocycles. The lowest BCUT2D eigenvalue weighted by atomic mass is 9.90. The molecule has 0 spiro atoms. The van der Waals surface area contributed by atoms with Crippen molar-refractivity contribution in [3.63, 3.8) is 0 Å². The van der Waals surface area contributed by atoms with Gasteiger partial charge in [0, 0.05) is 12.7 Å². The van der Waals surface area contributed by atoms with Crippen molar-refractivity contribution in [2.24, 2.45) is 0 Å². The Labute approximate surface area is 147 Å². The fraction of sp³-hybridized carbons (Fsp3) is 0.650. The Bertz CT molecular complexity index is 502. The number of carbonyl (C=O) groups excluding carboxylic acids is 1. The summed E-state index contributed by atoms with van der Waals surface area (Å²) in [5, 5.41) is 3.03. The number of benzene rings is 1. The van der Waals surface area contributed by atoms with Crippen molar-refractivity contribution in [1.29, 1.82) is 0 Å². The summed E-state index contributed by atoms with van der Waals surface area (Å²) in [5.74, 6) is 0. The molecule has 2 bridgehead atoms. The first kappa shape index (κ1) is 18.9. The minimum absolute atomic E-state index is 0.414. The number of carbonyl (C=O) groups is 1. The molecule has 0 amide bonds. The average Bonchev–Trinajstić information content (AvgIpc) is 2.64. The molecular formula is C20H35N3O+2. The number of para-hydroxylation sites is 1. The molecule has 1 aromatic rings. The minimum Gasteiger partial charge on any atom is -0.388 e. The van der Waals surface area contributed by atoms with E-state index in [1.807, 2.05) is 37.4 Å². The molecule has 0 atom stereocenters. The van der Waals surface area contributed by atoms with E-state index in [2.05, 4.69) is 26.1 Å². The summed E-state index contributed by atoms with van der Waals surface area (Å²) < 4.78 is 2.37. The molecule has 134 valence electrons. The number of hydrogen-bond acceptors (Lipinski definition) is 2. The van der Waals surface area contributed by atoms with Gasteiger partial charge in [0.1, 0.15) is 45.8 Å². The van der Waals surface area contributed by atoms with Crippen LogP contribution >= 0.6 is 0 Å². The van der Waals surface area contributed by atoms with Gasteiger partial charge in [0.2, 0.25) is 0 Å². The Morgan fingerprint density at radius 3 is 1.96 bits per heavy atom. The second-order valence-corrected chi connectivity index (χ2v) is 7.96. The van der Waals surface area contributed by atoms with Gasteiger partial charge in [-0.25, -0.2) is 0 Å². The number of rotatable bonds is 5. The van der Waals surface area contributed by atoms with Crippen LogP contribution in [0.15, 0.2) is 30.3 Å². The Morgan fingerprint density at radius 2 is 1.58 bits per heavy atom. The van der Waals surface area contributed by atoms with E-state index in [9.17, 15) is 4.79 Å². The zero-order chi connectivity index (χ0) is 17.7. The van der Waals surface area contributed by atoms with Crippen LogP contribution in [0.5, 0.6) is 0 Å². The summed E-state index contributed by atoms with van der Waals surface area (Å²) in [7, 11) is 1.91. The zero-order valence-corrected chi connectivity index (χ0v) is 15.9. The first-order valence-electron chi connectivity index (χ1n) is 9.30. The Balaban J connectivity index is 0.000000219. The molecule has 24 heavy (non-hydrogen) atoms. The highest BCUT2D eigenvalue weighted by molar-refractivity contribution is 5.50. The van der Waals surface area contributed by atoms with Crippen LogP contribution in [0.1, 0.15) is 27.2 Å². The maximum atomic E-state index is 10.8. The molecule has 3 fully saturated rings. The third-order valence-electron chi connectivity index (χ3n) is 6.68. The van der Waals surface area contributed by atoms with Crippen LogP contribution in [0.3, 0.4) is 0 Å². The molecule has 0 unspecified atom stereocenters. The number of hydrogen-bond donors (Lipinski definition) is 1. The predicted molar refractivity (Wildman–Crippen MR) is 101 cm³/mol. The van der Waals surface area contributed by atoms with Gasteiger partial charge in [0.05, 0.1) is 5.54 Å². The van der Waals surface area contributed by atoms with Crippen molar-refractivity contribution in [2.75, 3.05) is 58.2 Å². The second-order valence-electron chi connectivity index (χ2n) is 7.96. The second kappa shape index (κ2) is 7.66. The molecule has 4 heteroatoms. The van der Waals surface area contributed by atoms with Crippen LogP contribution in [-0.2, 0) is 4.79 Å². The van der Waals surface area contributed by atoms with Crippen LogP contribution in [0.4, 0.5) is 5.69 Å². The van der Waals surface area contributed by atoms with Crippen LogP contribution in [-0.4, -0.2) is 73.7 Å². The van der Waals surface area contributed by atoms with Gasteiger partial charge in [-0.1, -0.05) is 25.1 Å². The molecule has 1 N–H and O–H groups in total. The van der Waals surface area contributed by atoms with Gasteiger partial charge in [-0.3, -0.25) is 4.79 Å². The minimum atomic E-state index is 0.414. The van der Waals surface area contributed by atoms with E-state index in [-0.39, 0.29) is 0 Å². The van der Waals surface area contributed by atoms with Crippen LogP contribution in [0.25, 0.3) is 0 Å². The van der Waals surface area contributed by atoms with Crippen molar-refractivity contribution in [3.05, 3.63) is 30.3 Å². The molecule has 3 aliphatic heterocycles. The summed E-state index contributed by atoms with van der Waals surface area (Å²) in [6.07, 6.45) is 2.37. The largest absolute Gasteiger partial charge is 0.388 e. The van der Waals surface area contributed by atoms with Crippen molar-refractivity contribution in [2.45, 2.75) is 32.7 Å². The van der Waals surface area contributed by atoms with E-state index in [1.165, 1.54) is 50.2 Å². The van der Waals surface area contributed by atoms with Crippen molar-refractivity contribution in [1.82, 2.24) is 0 Å². The quantitative estimate of drug-likeness (QED) is 0.663. The number of piperazine rings is 3. The van der Waals surface area contributed by atoms with E-state index in [0.717, 1.165) is 23.0 Å². The number of fused-ring (bicyclic) bond motifs is 3. The molecule has 0 aromatic heterocycles. The SMILES string of the molecule is CCC(C)(C)[N+]12CC[N+](CC=O)(CC1)CC2.CNc1ccccc1. The van der Waals surface area contributed by atoms with Gasteiger partial charge in [-0.05, 0) is 32.4 Å². The Morgan fingerprint density at radius 1 is 1.04 bits per heavy atom. The van der Waals surface area contributed by atoms with Gasteiger partial charge in [0.15, 0.2) is 6.29 Å². The van der Waals surface area contributed by atoms with Gasteiger partial charge in [-0.15, -0.1) is 0 Å². The van der Waals surface area contributed by atoms with Gasteiger partial charge in [-0.2, -0.15) is 0 Å². The molecule has 4 rings (SSSR count). The van der Waals surface area contributed by atoms with Crippen molar-refractivity contribution >= 4 is 12.0 Å². The maximum absolute atomic E-state index is 10.8. The molecule has 4 nitrogen and oxygen atoms in total. The third kappa shape index (κ3) is 3.81. The van der Waals surface area contributed by atoms with Crippen LogP contribution in [0, 0.1) is 0 Å². The molecule has 3 aliphatic rings. The average molecular weight is 334 g/mol. The van der Waals surface area contributed by atoms with E-state index < -0.39 is 0 Å². The smallest absolute Gasteiger partial charge is 0.174 e. The van der Waals surface area contributed by atoms with E-state index in [1.54, 1.807) is 0 Å². The number of anilines is 1. The lowest BCUT2D eigenvalue weighted by Gasteiger charge is -2.60. The summed E-state index contributed by atoms with van der Waals surface area (Å²) in [5.41, 5.74) is 1.57. The van der Waals surface area contributed by atoms with E-state index in [0.29, 0.717) is 5.54 Å². The first-order chi connectivity index (χ1) is 11.4. The normalized spacial score (nSPS) is 28.7. The fourth-order valence-corrected chi connectivity index (χ4v) is 4.16. The third-order valence-corrected chi connectivity index (χ3v) is 6.68. The van der Waals surface area contributed by atoms with Crippen LogP contribution in [0.2, 0.25) is 0 Å². The topological polar surface area (TPSA) is 29.1 Å². The highest BCUT2D eigenvalue weighted by atomic mass is 16.1. The monoisotopic (exact) mass is 333 g/mol. The first-order valence-corrected chi connectivity index (χ1v) is 9.30. The van der Waals surface area contributed by atoms with E-state index in [4.69, 9.17) is 0 Å². The highest BCUT2D eigenvalue weighted by Gasteiger charge is 2.54. The summed E-state index contributed by atoms with van der Waals surface area (Å²) >= 11 is 0. The van der Waals surface area contributed by atoms with Crippen LogP contribution < -0.4 is 5.32 Å². The summed E-state index contributed by atoms with van der Waals surface area (Å²) in [6, 6.07) is 10.1. The molecule has 0 radical (unpaired) electrons. The fourth-order valence-electron chi connectivity index (χ4n) is 4.16. The zero-order valence-electron chi connectivity index (χ0n) is 15.9. The number of aldehydes is 1. The Hall–Kier alpha value is -1.39. The van der Waals surface area contributed by atoms with Gasteiger partial charge >= 0.3 is 0 Å². The molecule has 1 aromatic carbocycles. The maximum Gasteiger partial charge on any atom is 0.174 e. The molecule has 3 heterocycles. The Kier molecular flexibility index (Phi) is 6.05. The van der Waals surface area contributed by atoms with Gasteiger partial charge < -0.3 is 14.3 Å². The molecule has 0 aliphatic carbocycles. The summed E-state index contributed by atoms with van der Waals surface area (Å²) in [6.45, 7) is 15.3. The number of nitrogens with zero attached hydrogens (tertiary/aromatic N) is 2. The number of quaternary nitrogens is 2. The van der Waals surface area contributed by atoms with Crippen molar-refractivity contribution in [3.8, 4) is 0 Å². The van der Waals surface area contributed by atoms with Gasteiger partial charge in [0.25, 0.3) is 0 Å². The highest BCUT2D eigenvalue weighted by Crippen LogP contribution is 2.36. The standard InChI is InChI=1S/C13H26N2O.C7H9N/c1-4-13(2,3)15-8-5-14(6-9-15,7-10-15)11-12-16;1-8-7-5-3-2-4-6-7/h12H,4-11H2,1-3H3;2-6,8H,1H3/q+2;. The summed E-state index contributed by atoms with van der Waals surface area (Å²) in [4.78, 5) is 10.8. The molecular weight excluding hydrogens is 298 g/mol. The number of nitrogens with one attached hydrogen (secondary N) is 1. The van der Waals surface area contributed by atoms with E-state index >= 15 is 0 Å². The van der Waals surface area contributed by atoms with Crippen molar-refractivity contribution < 1.29 is 13.8 Å². The lowest BCUT2D eigenvalue weighted by Crippen LogP contribution is -2.79. The predicted octanol–water partition coefficient (Wildman–Crippen LogP) is 2.76.